The summed E-state index contributed by atoms with van der Waals surface area (Å²) in [5.41, 5.74) is 4.58. The summed E-state index contributed by atoms with van der Waals surface area (Å²) < 4.78 is 11.1. The Morgan fingerprint density at radius 2 is 2.07 bits per heavy atom. The Balaban J connectivity index is 1.75. The lowest BCUT2D eigenvalue weighted by molar-refractivity contribution is -0.134. The topological polar surface area (TPSA) is 38.8 Å². The molecule has 144 valence electrons. The van der Waals surface area contributed by atoms with Gasteiger partial charge in [0.25, 0.3) is 0 Å². The van der Waals surface area contributed by atoms with Crippen LogP contribution in [0.3, 0.4) is 0 Å². The molecule has 0 N–H and O–H groups in total. The summed E-state index contributed by atoms with van der Waals surface area (Å²) >= 11 is 0. The second-order valence-corrected chi connectivity index (χ2v) is 7.57. The maximum Gasteiger partial charge on any atom is 0.227 e. The second-order valence-electron chi connectivity index (χ2n) is 7.57. The predicted molar refractivity (Wildman–Crippen MR) is 107 cm³/mol. The van der Waals surface area contributed by atoms with Gasteiger partial charge in [0.2, 0.25) is 5.91 Å². The van der Waals surface area contributed by atoms with Gasteiger partial charge in [-0.15, -0.1) is 0 Å². The first kappa shape index (κ1) is 19.4. The van der Waals surface area contributed by atoms with E-state index in [0.717, 1.165) is 23.3 Å². The van der Waals surface area contributed by atoms with E-state index in [1.807, 2.05) is 30.0 Å². The summed E-state index contributed by atoms with van der Waals surface area (Å²) in [6, 6.07) is 14.4. The van der Waals surface area contributed by atoms with Gasteiger partial charge in [0.1, 0.15) is 11.9 Å². The Hall–Kier alpha value is -2.33. The molecule has 0 radical (unpaired) electrons. The van der Waals surface area contributed by atoms with Crippen LogP contribution in [0, 0.1) is 6.92 Å². The number of rotatable bonds is 7. The van der Waals surface area contributed by atoms with E-state index in [-0.39, 0.29) is 18.1 Å². The highest BCUT2D eigenvalue weighted by Gasteiger charge is 2.23. The highest BCUT2D eigenvalue weighted by atomic mass is 16.5. The van der Waals surface area contributed by atoms with Crippen molar-refractivity contribution in [3.8, 4) is 5.75 Å². The molecule has 0 saturated heterocycles. The lowest BCUT2D eigenvalue weighted by Crippen LogP contribution is -2.41. The minimum atomic E-state index is 0.0146. The van der Waals surface area contributed by atoms with Gasteiger partial charge in [-0.05, 0) is 43.5 Å². The van der Waals surface area contributed by atoms with Crippen LogP contribution in [0.15, 0.2) is 42.5 Å². The number of fused-ring (bicyclic) bond motifs is 1. The Bertz CT molecular complexity index is 802. The van der Waals surface area contributed by atoms with E-state index in [9.17, 15) is 4.79 Å². The van der Waals surface area contributed by atoms with Crippen molar-refractivity contribution in [2.24, 2.45) is 0 Å². The Labute approximate surface area is 162 Å². The van der Waals surface area contributed by atoms with Gasteiger partial charge in [0, 0.05) is 20.1 Å². The molecule has 1 amide bonds. The molecule has 0 aromatic heterocycles. The average Bonchev–Trinajstić information content (AvgIpc) is 2.99. The molecule has 0 bridgehead atoms. The highest BCUT2D eigenvalue weighted by Crippen LogP contribution is 2.29. The summed E-state index contributed by atoms with van der Waals surface area (Å²) in [6.07, 6.45) is 1.51. The standard InChI is InChI=1S/C23H29NO3/c1-16-6-5-7-20(10-16)14-24(17(2)15-26-4)23(25)13-19-8-9-22-21(12-19)11-18(3)27-22/h5-10,12,17-18H,11,13-15H2,1-4H3/t17-,18+/m0/s1. The molecule has 1 heterocycles. The van der Waals surface area contributed by atoms with Gasteiger partial charge in [-0.25, -0.2) is 0 Å². The molecular weight excluding hydrogens is 338 g/mol. The summed E-state index contributed by atoms with van der Waals surface area (Å²) in [5.74, 6) is 1.07. The van der Waals surface area contributed by atoms with Crippen LogP contribution in [0.2, 0.25) is 0 Å². The van der Waals surface area contributed by atoms with Crippen molar-refractivity contribution in [3.05, 3.63) is 64.7 Å². The van der Waals surface area contributed by atoms with Crippen molar-refractivity contribution in [1.29, 1.82) is 0 Å². The molecule has 1 aliphatic heterocycles. The molecule has 2 aromatic rings. The fourth-order valence-corrected chi connectivity index (χ4v) is 3.69. The van der Waals surface area contributed by atoms with Crippen LogP contribution in [-0.2, 0) is 28.9 Å². The number of methoxy groups -OCH3 is 1. The Morgan fingerprint density at radius 1 is 1.26 bits per heavy atom. The Kier molecular flexibility index (Phi) is 6.17. The minimum absolute atomic E-state index is 0.0146. The quantitative estimate of drug-likeness (QED) is 0.744. The first-order chi connectivity index (χ1) is 13.0. The van der Waals surface area contributed by atoms with Crippen molar-refractivity contribution in [3.63, 3.8) is 0 Å². The number of hydrogen-bond donors (Lipinski definition) is 0. The summed E-state index contributed by atoms with van der Waals surface area (Å²) in [5, 5.41) is 0. The number of hydrogen-bond acceptors (Lipinski definition) is 3. The van der Waals surface area contributed by atoms with E-state index in [1.54, 1.807) is 7.11 Å². The van der Waals surface area contributed by atoms with Crippen molar-refractivity contribution in [2.45, 2.75) is 52.3 Å². The summed E-state index contributed by atoms with van der Waals surface area (Å²) in [4.78, 5) is 15.0. The highest BCUT2D eigenvalue weighted by molar-refractivity contribution is 5.79. The van der Waals surface area contributed by atoms with E-state index in [4.69, 9.17) is 9.47 Å². The molecule has 4 heteroatoms. The van der Waals surface area contributed by atoms with E-state index in [2.05, 4.69) is 38.1 Å². The van der Waals surface area contributed by atoms with E-state index in [0.29, 0.717) is 19.6 Å². The number of amides is 1. The molecule has 2 aromatic carbocycles. The maximum atomic E-state index is 13.1. The third-order valence-electron chi connectivity index (χ3n) is 5.01. The van der Waals surface area contributed by atoms with Gasteiger partial charge in [-0.1, -0.05) is 42.0 Å². The predicted octanol–water partition coefficient (Wildman–Crippen LogP) is 3.92. The number of aryl methyl sites for hydroxylation is 1. The molecule has 0 unspecified atom stereocenters. The lowest BCUT2D eigenvalue weighted by atomic mass is 10.0. The first-order valence-electron chi connectivity index (χ1n) is 9.58. The van der Waals surface area contributed by atoms with Crippen LogP contribution in [0.1, 0.15) is 36.1 Å². The molecule has 0 saturated carbocycles. The molecule has 1 aliphatic rings. The van der Waals surface area contributed by atoms with Gasteiger partial charge < -0.3 is 14.4 Å². The molecule has 2 atom stereocenters. The smallest absolute Gasteiger partial charge is 0.227 e. The van der Waals surface area contributed by atoms with Gasteiger partial charge in [0.05, 0.1) is 19.1 Å². The van der Waals surface area contributed by atoms with E-state index < -0.39 is 0 Å². The number of carbonyl (C=O) groups is 1. The monoisotopic (exact) mass is 367 g/mol. The van der Waals surface area contributed by atoms with Crippen LogP contribution < -0.4 is 4.74 Å². The number of ether oxygens (including phenoxy) is 2. The maximum absolute atomic E-state index is 13.1. The second kappa shape index (κ2) is 8.57. The van der Waals surface area contributed by atoms with Crippen molar-refractivity contribution in [1.82, 2.24) is 4.90 Å². The summed E-state index contributed by atoms with van der Waals surface area (Å²) in [7, 11) is 1.67. The lowest BCUT2D eigenvalue weighted by Gasteiger charge is -2.29. The molecule has 27 heavy (non-hydrogen) atoms. The van der Waals surface area contributed by atoms with Crippen LogP contribution in [-0.4, -0.2) is 36.7 Å². The van der Waals surface area contributed by atoms with Crippen LogP contribution in [0.4, 0.5) is 0 Å². The zero-order valence-electron chi connectivity index (χ0n) is 16.7. The fraction of sp³-hybridized carbons (Fsp3) is 0.435. The van der Waals surface area contributed by atoms with Crippen LogP contribution in [0.25, 0.3) is 0 Å². The van der Waals surface area contributed by atoms with Crippen LogP contribution in [0.5, 0.6) is 5.75 Å². The minimum Gasteiger partial charge on any atom is -0.490 e. The Morgan fingerprint density at radius 3 is 2.81 bits per heavy atom. The van der Waals surface area contributed by atoms with Crippen molar-refractivity contribution < 1.29 is 14.3 Å². The van der Waals surface area contributed by atoms with Gasteiger partial charge in [-0.3, -0.25) is 4.79 Å². The third-order valence-corrected chi connectivity index (χ3v) is 5.01. The molecule has 4 nitrogen and oxygen atoms in total. The first-order valence-corrected chi connectivity index (χ1v) is 9.58. The third kappa shape index (κ3) is 4.89. The number of carbonyl (C=O) groups excluding carboxylic acids is 1. The molecular formula is C23H29NO3. The van der Waals surface area contributed by atoms with Gasteiger partial charge >= 0.3 is 0 Å². The molecule has 0 fully saturated rings. The van der Waals surface area contributed by atoms with E-state index in [1.165, 1.54) is 11.1 Å². The van der Waals surface area contributed by atoms with E-state index >= 15 is 0 Å². The molecule has 3 rings (SSSR count). The SMILES string of the molecule is COC[C@H](C)N(Cc1cccc(C)c1)C(=O)Cc1ccc2c(c1)C[C@@H](C)O2. The molecule has 0 aliphatic carbocycles. The number of benzene rings is 2. The van der Waals surface area contributed by atoms with Gasteiger partial charge in [0.15, 0.2) is 0 Å². The average molecular weight is 367 g/mol. The number of nitrogens with zero attached hydrogens (tertiary/aromatic N) is 1. The van der Waals surface area contributed by atoms with Crippen molar-refractivity contribution in [2.75, 3.05) is 13.7 Å². The van der Waals surface area contributed by atoms with Crippen LogP contribution >= 0.6 is 0 Å². The zero-order chi connectivity index (χ0) is 19.4. The summed E-state index contributed by atoms with van der Waals surface area (Å²) in [6.45, 7) is 7.29. The van der Waals surface area contributed by atoms with Crippen molar-refractivity contribution >= 4 is 5.91 Å². The fourth-order valence-electron chi connectivity index (χ4n) is 3.69. The zero-order valence-corrected chi connectivity index (χ0v) is 16.7. The largest absolute Gasteiger partial charge is 0.490 e. The normalized spacial score (nSPS) is 16.5. The molecule has 0 spiro atoms. The van der Waals surface area contributed by atoms with Gasteiger partial charge in [-0.2, -0.15) is 0 Å².